The minimum absolute atomic E-state index is 0.148. The number of alkyl carbamates (subject to hydrolysis) is 1. The summed E-state index contributed by atoms with van der Waals surface area (Å²) in [6, 6.07) is 0. The van der Waals surface area contributed by atoms with Crippen LogP contribution in [0.15, 0.2) is 23.8 Å². The molecule has 5 nitrogen and oxygen atoms in total. The number of rotatable bonds is 6. The van der Waals surface area contributed by atoms with Crippen LogP contribution in [0.3, 0.4) is 0 Å². The summed E-state index contributed by atoms with van der Waals surface area (Å²) in [6.45, 7) is 11.1. The molecular formula is C15H26N2O3. The molecule has 0 bridgehead atoms. The molecule has 0 aliphatic carbocycles. The predicted octanol–water partition coefficient (Wildman–Crippen LogP) is 2.54. The third-order valence-electron chi connectivity index (χ3n) is 2.74. The summed E-state index contributed by atoms with van der Waals surface area (Å²) in [4.78, 5) is 22.6. The molecule has 0 aromatic carbocycles. The summed E-state index contributed by atoms with van der Waals surface area (Å²) in [6.07, 6.45) is 4.92. The Balaban J connectivity index is 4.48. The van der Waals surface area contributed by atoms with E-state index >= 15 is 0 Å². The maximum absolute atomic E-state index is 11.8. The number of allylic oxidation sites excluding steroid dienone is 2. The topological polar surface area (TPSA) is 67.4 Å². The minimum Gasteiger partial charge on any atom is -0.445 e. The van der Waals surface area contributed by atoms with Crippen molar-refractivity contribution in [1.82, 2.24) is 10.6 Å². The van der Waals surface area contributed by atoms with E-state index in [1.807, 2.05) is 45.9 Å². The normalized spacial score (nSPS) is 14.0. The molecular weight excluding hydrogens is 256 g/mol. The van der Waals surface area contributed by atoms with Crippen molar-refractivity contribution in [2.75, 3.05) is 6.54 Å². The van der Waals surface area contributed by atoms with Crippen LogP contribution < -0.4 is 10.6 Å². The number of amides is 2. The fraction of sp³-hybridized carbons (Fsp3) is 0.600. The lowest BCUT2D eigenvalue weighted by Gasteiger charge is -2.28. The van der Waals surface area contributed by atoms with Crippen LogP contribution in [0.4, 0.5) is 4.79 Å². The zero-order valence-electron chi connectivity index (χ0n) is 13.2. The van der Waals surface area contributed by atoms with Gasteiger partial charge in [0.05, 0.1) is 12.1 Å². The van der Waals surface area contributed by atoms with Crippen LogP contribution in [0.25, 0.3) is 0 Å². The van der Waals surface area contributed by atoms with Crippen molar-refractivity contribution >= 4 is 12.0 Å². The molecule has 0 saturated heterocycles. The second kappa shape index (κ2) is 8.40. The average molecular weight is 282 g/mol. The van der Waals surface area contributed by atoms with Gasteiger partial charge in [-0.3, -0.25) is 4.79 Å². The van der Waals surface area contributed by atoms with E-state index in [0.717, 1.165) is 5.57 Å². The molecule has 1 unspecified atom stereocenters. The van der Waals surface area contributed by atoms with Gasteiger partial charge in [0.1, 0.15) is 6.10 Å². The minimum atomic E-state index is -0.522. The van der Waals surface area contributed by atoms with E-state index in [1.165, 1.54) is 6.92 Å². The van der Waals surface area contributed by atoms with E-state index in [2.05, 4.69) is 10.6 Å². The Morgan fingerprint density at radius 3 is 2.35 bits per heavy atom. The lowest BCUT2D eigenvalue weighted by atomic mass is 9.93. The van der Waals surface area contributed by atoms with Crippen LogP contribution >= 0.6 is 0 Å². The summed E-state index contributed by atoms with van der Waals surface area (Å²) in [5.74, 6) is -0.148. The van der Waals surface area contributed by atoms with Gasteiger partial charge in [-0.1, -0.05) is 18.2 Å². The van der Waals surface area contributed by atoms with Gasteiger partial charge in [-0.05, 0) is 40.2 Å². The lowest BCUT2D eigenvalue weighted by Crippen LogP contribution is -2.46. The lowest BCUT2D eigenvalue weighted by molar-refractivity contribution is -0.119. The number of ether oxygens (including phenoxy) is 1. The second-order valence-electron chi connectivity index (χ2n) is 5.15. The number of carbonyl (C=O) groups excluding carboxylic acids is 2. The van der Waals surface area contributed by atoms with E-state index in [-0.39, 0.29) is 12.0 Å². The predicted molar refractivity (Wildman–Crippen MR) is 80.4 cm³/mol. The van der Waals surface area contributed by atoms with Gasteiger partial charge in [0, 0.05) is 6.92 Å². The Labute approximate surface area is 121 Å². The number of hydrogen-bond acceptors (Lipinski definition) is 3. The molecule has 0 radical (unpaired) electrons. The third-order valence-corrected chi connectivity index (χ3v) is 2.74. The smallest absolute Gasteiger partial charge is 0.408 e. The van der Waals surface area contributed by atoms with E-state index in [0.29, 0.717) is 6.54 Å². The molecule has 2 amide bonds. The summed E-state index contributed by atoms with van der Waals surface area (Å²) in [5.41, 5.74) is 0.470. The van der Waals surface area contributed by atoms with Gasteiger partial charge in [0.15, 0.2) is 0 Å². The summed E-state index contributed by atoms with van der Waals surface area (Å²) in [7, 11) is 0. The van der Waals surface area contributed by atoms with E-state index in [9.17, 15) is 9.59 Å². The molecule has 0 rings (SSSR count). The highest BCUT2D eigenvalue weighted by atomic mass is 16.6. The first-order chi connectivity index (χ1) is 9.22. The Bertz CT molecular complexity index is 398. The fourth-order valence-corrected chi connectivity index (χ4v) is 1.71. The largest absolute Gasteiger partial charge is 0.445 e. The summed E-state index contributed by atoms with van der Waals surface area (Å²) >= 11 is 0. The molecule has 0 aliphatic rings. The average Bonchev–Trinajstić information content (AvgIpc) is 2.32. The van der Waals surface area contributed by atoms with Gasteiger partial charge in [0.25, 0.3) is 0 Å². The molecule has 0 aliphatic heterocycles. The highest BCUT2D eigenvalue weighted by Crippen LogP contribution is 2.17. The van der Waals surface area contributed by atoms with Gasteiger partial charge >= 0.3 is 6.09 Å². The molecule has 0 fully saturated rings. The van der Waals surface area contributed by atoms with Crippen molar-refractivity contribution in [1.29, 1.82) is 0 Å². The van der Waals surface area contributed by atoms with Crippen molar-refractivity contribution in [3.63, 3.8) is 0 Å². The standard InChI is InChI=1S/C15H26N2O3/c1-7-9-13(8-2)15(5,6)17-14(19)20-11(3)10-16-12(4)18/h7-9,11H,10H2,1-6H3,(H,16,18)(H,17,19). The highest BCUT2D eigenvalue weighted by molar-refractivity contribution is 5.73. The second-order valence-corrected chi connectivity index (χ2v) is 5.15. The molecule has 0 saturated carbocycles. The Morgan fingerprint density at radius 2 is 1.90 bits per heavy atom. The van der Waals surface area contributed by atoms with Crippen molar-refractivity contribution < 1.29 is 14.3 Å². The van der Waals surface area contributed by atoms with Crippen LogP contribution in [0.2, 0.25) is 0 Å². The Morgan fingerprint density at radius 1 is 1.30 bits per heavy atom. The van der Waals surface area contributed by atoms with Gasteiger partial charge in [0.2, 0.25) is 5.91 Å². The van der Waals surface area contributed by atoms with E-state index in [1.54, 1.807) is 6.92 Å². The van der Waals surface area contributed by atoms with Gasteiger partial charge < -0.3 is 15.4 Å². The molecule has 0 heterocycles. The van der Waals surface area contributed by atoms with Crippen LogP contribution in [0, 0.1) is 0 Å². The fourth-order valence-electron chi connectivity index (χ4n) is 1.71. The SMILES string of the molecule is CC=CC(=CC)C(C)(C)NC(=O)OC(C)CNC(C)=O. The zero-order valence-corrected chi connectivity index (χ0v) is 13.2. The van der Waals surface area contributed by atoms with Crippen LogP contribution in [0.5, 0.6) is 0 Å². The first-order valence-corrected chi connectivity index (χ1v) is 6.75. The monoisotopic (exact) mass is 282 g/mol. The molecule has 2 N–H and O–H groups in total. The highest BCUT2D eigenvalue weighted by Gasteiger charge is 2.24. The first-order valence-electron chi connectivity index (χ1n) is 6.75. The quantitative estimate of drug-likeness (QED) is 0.736. The molecule has 114 valence electrons. The van der Waals surface area contributed by atoms with Gasteiger partial charge in [-0.15, -0.1) is 0 Å². The van der Waals surface area contributed by atoms with Crippen LogP contribution in [-0.2, 0) is 9.53 Å². The van der Waals surface area contributed by atoms with Gasteiger partial charge in [-0.2, -0.15) is 0 Å². The first kappa shape index (κ1) is 18.2. The van der Waals surface area contributed by atoms with Crippen molar-refractivity contribution in [2.24, 2.45) is 0 Å². The Hall–Kier alpha value is -1.78. The number of carbonyl (C=O) groups is 2. The molecule has 20 heavy (non-hydrogen) atoms. The van der Waals surface area contributed by atoms with E-state index in [4.69, 9.17) is 4.74 Å². The van der Waals surface area contributed by atoms with E-state index < -0.39 is 11.6 Å². The van der Waals surface area contributed by atoms with Gasteiger partial charge in [-0.25, -0.2) is 4.79 Å². The summed E-state index contributed by atoms with van der Waals surface area (Å²) in [5, 5.41) is 5.42. The van der Waals surface area contributed by atoms with Crippen LogP contribution in [0.1, 0.15) is 41.5 Å². The maximum atomic E-state index is 11.8. The van der Waals surface area contributed by atoms with Crippen molar-refractivity contribution in [2.45, 2.75) is 53.2 Å². The number of nitrogens with one attached hydrogen (secondary N) is 2. The maximum Gasteiger partial charge on any atom is 0.408 e. The molecule has 5 heteroatoms. The third kappa shape index (κ3) is 6.97. The Kier molecular flexibility index (Phi) is 7.65. The van der Waals surface area contributed by atoms with Crippen molar-refractivity contribution in [3.8, 4) is 0 Å². The van der Waals surface area contributed by atoms with Crippen molar-refractivity contribution in [3.05, 3.63) is 23.8 Å². The molecule has 0 aromatic heterocycles. The summed E-state index contributed by atoms with van der Waals surface area (Å²) < 4.78 is 5.19. The van der Waals surface area contributed by atoms with Crippen LogP contribution in [-0.4, -0.2) is 30.2 Å². The molecule has 0 aromatic rings. The zero-order chi connectivity index (χ0) is 15.8. The number of hydrogen-bond donors (Lipinski definition) is 2. The molecule has 0 spiro atoms. The molecule has 1 atom stereocenters.